The summed E-state index contributed by atoms with van der Waals surface area (Å²) < 4.78 is 5.82. The van der Waals surface area contributed by atoms with Gasteiger partial charge in [-0.2, -0.15) is 0 Å². The Morgan fingerprint density at radius 1 is 1.18 bits per heavy atom. The van der Waals surface area contributed by atoms with E-state index in [1.54, 1.807) is 0 Å². The van der Waals surface area contributed by atoms with Gasteiger partial charge in [-0.25, -0.2) is 0 Å². The number of carbonyl (C=O) groups excluding carboxylic acids is 1. The first kappa shape index (κ1) is 16.2. The topological polar surface area (TPSA) is 44.8 Å². The van der Waals surface area contributed by atoms with Crippen LogP contribution in [0.2, 0.25) is 0 Å². The Balaban J connectivity index is 1.57. The van der Waals surface area contributed by atoms with Crippen molar-refractivity contribution in [2.45, 2.75) is 57.8 Å². The molecule has 0 aliphatic carbocycles. The van der Waals surface area contributed by atoms with Gasteiger partial charge in [-0.1, -0.05) is 0 Å². The monoisotopic (exact) mass is 309 g/mol. The lowest BCUT2D eigenvalue weighted by molar-refractivity contribution is -0.137. The lowest BCUT2D eigenvalue weighted by atomic mass is 9.97. The summed E-state index contributed by atoms with van der Waals surface area (Å²) in [5.41, 5.74) is 0. The minimum absolute atomic E-state index is 0.205. The van der Waals surface area contributed by atoms with Crippen LogP contribution in [-0.2, 0) is 9.53 Å². The third-order valence-electron chi connectivity index (χ3n) is 5.27. The molecule has 0 aromatic heterocycles. The standard InChI is InChI=1S/C17H31N3O2/c1-13-10-19(11-14(2)22-13)12-16-6-4-8-20(16)17(21)15-5-3-7-18-9-15/h13-16,18H,3-12H2,1-2H3. The van der Waals surface area contributed by atoms with Crippen LogP contribution in [-0.4, -0.2) is 73.2 Å². The van der Waals surface area contributed by atoms with Crippen molar-refractivity contribution in [3.63, 3.8) is 0 Å². The van der Waals surface area contributed by atoms with Gasteiger partial charge in [-0.05, 0) is 46.1 Å². The van der Waals surface area contributed by atoms with Crippen LogP contribution in [0, 0.1) is 5.92 Å². The highest BCUT2D eigenvalue weighted by Gasteiger charge is 2.35. The smallest absolute Gasteiger partial charge is 0.227 e. The van der Waals surface area contributed by atoms with E-state index in [0.717, 1.165) is 65.0 Å². The molecule has 0 saturated carbocycles. The first-order chi connectivity index (χ1) is 10.6. The number of nitrogens with one attached hydrogen (secondary N) is 1. The van der Waals surface area contributed by atoms with Crippen LogP contribution in [0.5, 0.6) is 0 Å². The van der Waals surface area contributed by atoms with Gasteiger partial charge >= 0.3 is 0 Å². The number of nitrogens with zero attached hydrogens (tertiary/aromatic N) is 2. The molecule has 4 unspecified atom stereocenters. The molecule has 3 aliphatic heterocycles. The van der Waals surface area contributed by atoms with Gasteiger partial charge in [-0.15, -0.1) is 0 Å². The molecule has 0 aromatic carbocycles. The quantitative estimate of drug-likeness (QED) is 0.847. The Morgan fingerprint density at radius 2 is 1.95 bits per heavy atom. The summed E-state index contributed by atoms with van der Waals surface area (Å²) in [5, 5.41) is 3.37. The van der Waals surface area contributed by atoms with Gasteiger partial charge in [0.05, 0.1) is 18.1 Å². The molecule has 3 rings (SSSR count). The van der Waals surface area contributed by atoms with E-state index in [2.05, 4.69) is 29.0 Å². The Labute approximate surface area is 134 Å². The molecule has 0 spiro atoms. The van der Waals surface area contributed by atoms with Crippen molar-refractivity contribution >= 4 is 5.91 Å². The summed E-state index contributed by atoms with van der Waals surface area (Å²) in [4.78, 5) is 17.5. The van der Waals surface area contributed by atoms with Gasteiger partial charge < -0.3 is 15.0 Å². The fourth-order valence-corrected chi connectivity index (χ4v) is 4.34. The zero-order valence-corrected chi connectivity index (χ0v) is 14.1. The first-order valence-corrected chi connectivity index (χ1v) is 9.02. The van der Waals surface area contributed by atoms with Crippen LogP contribution < -0.4 is 5.32 Å². The van der Waals surface area contributed by atoms with E-state index in [4.69, 9.17) is 4.74 Å². The highest BCUT2D eigenvalue weighted by atomic mass is 16.5. The molecule has 3 aliphatic rings. The van der Waals surface area contributed by atoms with Crippen LogP contribution in [0.25, 0.3) is 0 Å². The summed E-state index contributed by atoms with van der Waals surface area (Å²) >= 11 is 0. The number of likely N-dealkylation sites (tertiary alicyclic amines) is 1. The molecule has 3 heterocycles. The molecule has 1 amide bonds. The number of morpholine rings is 1. The third-order valence-corrected chi connectivity index (χ3v) is 5.27. The Hall–Kier alpha value is -0.650. The maximum atomic E-state index is 12.8. The minimum Gasteiger partial charge on any atom is -0.373 e. The van der Waals surface area contributed by atoms with Gasteiger partial charge in [0.1, 0.15) is 0 Å². The molecular weight excluding hydrogens is 278 g/mol. The van der Waals surface area contributed by atoms with Gasteiger partial charge in [-0.3, -0.25) is 9.69 Å². The Kier molecular flexibility index (Phi) is 5.37. The molecule has 0 aromatic rings. The lowest BCUT2D eigenvalue weighted by Gasteiger charge is -2.39. The average Bonchev–Trinajstić information content (AvgIpc) is 2.94. The molecule has 1 N–H and O–H groups in total. The van der Waals surface area contributed by atoms with Gasteiger partial charge in [0.25, 0.3) is 0 Å². The zero-order chi connectivity index (χ0) is 15.5. The summed E-state index contributed by atoms with van der Waals surface area (Å²) in [6.45, 7) is 10.2. The predicted molar refractivity (Wildman–Crippen MR) is 86.8 cm³/mol. The molecule has 3 fully saturated rings. The van der Waals surface area contributed by atoms with Crippen molar-refractivity contribution in [3.8, 4) is 0 Å². The zero-order valence-electron chi connectivity index (χ0n) is 14.1. The molecule has 126 valence electrons. The second kappa shape index (κ2) is 7.28. The van der Waals surface area contributed by atoms with Crippen LogP contribution >= 0.6 is 0 Å². The highest BCUT2D eigenvalue weighted by Crippen LogP contribution is 2.24. The molecule has 22 heavy (non-hydrogen) atoms. The number of ether oxygens (including phenoxy) is 1. The van der Waals surface area contributed by atoms with Crippen LogP contribution in [0.3, 0.4) is 0 Å². The SMILES string of the molecule is CC1CN(CC2CCCN2C(=O)C2CCCNC2)CC(C)O1. The second-order valence-corrected chi connectivity index (χ2v) is 7.35. The molecular formula is C17H31N3O2. The number of carbonyl (C=O) groups is 1. The van der Waals surface area contributed by atoms with E-state index >= 15 is 0 Å². The third kappa shape index (κ3) is 3.81. The lowest BCUT2D eigenvalue weighted by Crippen LogP contribution is -2.52. The van der Waals surface area contributed by atoms with E-state index in [0.29, 0.717) is 24.2 Å². The minimum atomic E-state index is 0.205. The molecule has 5 nitrogen and oxygen atoms in total. The largest absolute Gasteiger partial charge is 0.373 e. The summed E-state index contributed by atoms with van der Waals surface area (Å²) in [6.07, 6.45) is 5.11. The highest BCUT2D eigenvalue weighted by molar-refractivity contribution is 5.79. The number of hydrogen-bond acceptors (Lipinski definition) is 4. The number of rotatable bonds is 3. The van der Waals surface area contributed by atoms with Crippen LogP contribution in [0.1, 0.15) is 39.5 Å². The van der Waals surface area contributed by atoms with Gasteiger partial charge in [0.15, 0.2) is 0 Å². The van der Waals surface area contributed by atoms with Gasteiger partial charge in [0.2, 0.25) is 5.91 Å². The van der Waals surface area contributed by atoms with Crippen LogP contribution in [0.15, 0.2) is 0 Å². The van der Waals surface area contributed by atoms with E-state index in [-0.39, 0.29) is 5.92 Å². The van der Waals surface area contributed by atoms with Crippen molar-refractivity contribution in [3.05, 3.63) is 0 Å². The molecule has 4 atom stereocenters. The number of piperidine rings is 1. The normalized spacial score (nSPS) is 37.5. The molecule has 5 heteroatoms. The van der Waals surface area contributed by atoms with E-state index in [9.17, 15) is 4.79 Å². The van der Waals surface area contributed by atoms with Crippen molar-refractivity contribution in [2.75, 3.05) is 39.3 Å². The number of amides is 1. The van der Waals surface area contributed by atoms with Gasteiger partial charge in [0, 0.05) is 38.8 Å². The summed E-state index contributed by atoms with van der Waals surface area (Å²) in [5.74, 6) is 0.598. The number of hydrogen-bond donors (Lipinski definition) is 1. The molecule has 0 radical (unpaired) electrons. The van der Waals surface area contributed by atoms with E-state index in [1.165, 1.54) is 0 Å². The first-order valence-electron chi connectivity index (χ1n) is 9.02. The van der Waals surface area contributed by atoms with Crippen molar-refractivity contribution in [2.24, 2.45) is 5.92 Å². The van der Waals surface area contributed by atoms with E-state index < -0.39 is 0 Å². The van der Waals surface area contributed by atoms with E-state index in [1.807, 2.05) is 0 Å². The van der Waals surface area contributed by atoms with Crippen LogP contribution in [0.4, 0.5) is 0 Å². The fourth-order valence-electron chi connectivity index (χ4n) is 4.34. The maximum absolute atomic E-state index is 12.8. The summed E-state index contributed by atoms with van der Waals surface area (Å²) in [6, 6.07) is 0.409. The fraction of sp³-hybridized carbons (Fsp3) is 0.941. The van der Waals surface area contributed by atoms with Crippen molar-refractivity contribution in [1.82, 2.24) is 15.1 Å². The second-order valence-electron chi connectivity index (χ2n) is 7.35. The Bertz CT molecular complexity index is 374. The van der Waals surface area contributed by atoms with Crippen molar-refractivity contribution < 1.29 is 9.53 Å². The predicted octanol–water partition coefficient (Wildman–Crippen LogP) is 1.09. The van der Waals surface area contributed by atoms with Crippen molar-refractivity contribution in [1.29, 1.82) is 0 Å². The molecule has 3 saturated heterocycles. The Morgan fingerprint density at radius 3 is 2.64 bits per heavy atom. The maximum Gasteiger partial charge on any atom is 0.227 e. The molecule has 0 bridgehead atoms. The average molecular weight is 309 g/mol. The summed E-state index contributed by atoms with van der Waals surface area (Å²) in [7, 11) is 0.